The van der Waals surface area contributed by atoms with Gasteiger partial charge >= 0.3 is 6.03 Å². The van der Waals surface area contributed by atoms with E-state index in [1.54, 1.807) is 0 Å². The van der Waals surface area contributed by atoms with E-state index in [0.29, 0.717) is 18.5 Å². The van der Waals surface area contributed by atoms with Crippen molar-refractivity contribution in [2.24, 2.45) is 5.92 Å². The Morgan fingerprint density at radius 3 is 2.60 bits per heavy atom. The Labute approximate surface area is 151 Å². The van der Waals surface area contributed by atoms with Gasteiger partial charge in [-0.15, -0.1) is 0 Å². The van der Waals surface area contributed by atoms with Crippen LogP contribution in [0, 0.1) is 5.92 Å². The molecule has 25 heavy (non-hydrogen) atoms. The number of likely N-dealkylation sites (tertiary alicyclic amines) is 2. The van der Waals surface area contributed by atoms with Crippen molar-refractivity contribution in [3.05, 3.63) is 18.2 Å². The number of amides is 2. The Bertz CT molecular complexity index is 542. The van der Waals surface area contributed by atoms with Crippen LogP contribution in [0.5, 0.6) is 0 Å². The van der Waals surface area contributed by atoms with Gasteiger partial charge in [-0.25, -0.2) is 9.78 Å². The van der Waals surface area contributed by atoms with E-state index in [9.17, 15) is 4.79 Å². The fourth-order valence-corrected chi connectivity index (χ4v) is 4.05. The first kappa shape index (κ1) is 18.2. The number of urea groups is 1. The van der Waals surface area contributed by atoms with E-state index in [2.05, 4.69) is 33.6 Å². The molecule has 0 atom stereocenters. The van der Waals surface area contributed by atoms with Crippen molar-refractivity contribution in [2.45, 2.75) is 65.1 Å². The van der Waals surface area contributed by atoms with Gasteiger partial charge in [-0.05, 0) is 44.7 Å². The maximum Gasteiger partial charge on any atom is 0.317 e. The molecule has 2 aliphatic heterocycles. The lowest BCUT2D eigenvalue weighted by Gasteiger charge is -2.40. The van der Waals surface area contributed by atoms with E-state index in [1.807, 2.05) is 17.3 Å². The highest BCUT2D eigenvalue weighted by Crippen LogP contribution is 2.20. The fourth-order valence-electron chi connectivity index (χ4n) is 4.05. The first-order chi connectivity index (χ1) is 12.1. The Morgan fingerprint density at radius 1 is 1.20 bits per heavy atom. The third-order valence-corrected chi connectivity index (χ3v) is 5.42. The lowest BCUT2D eigenvalue weighted by Crippen LogP contribution is -2.50. The van der Waals surface area contributed by atoms with Crippen molar-refractivity contribution in [1.82, 2.24) is 24.7 Å². The normalized spacial score (nSPS) is 20.2. The SMILES string of the molecule is CC(C)Cn1ccnc1CNC(=O)N1CCC(N2CCCCC2)CC1. The molecule has 0 saturated carbocycles. The van der Waals surface area contributed by atoms with Crippen LogP contribution in [0.2, 0.25) is 0 Å². The van der Waals surface area contributed by atoms with Gasteiger partial charge in [0.15, 0.2) is 0 Å². The Hall–Kier alpha value is -1.56. The van der Waals surface area contributed by atoms with E-state index < -0.39 is 0 Å². The summed E-state index contributed by atoms with van der Waals surface area (Å²) in [6, 6.07) is 0.727. The second-order valence-corrected chi connectivity index (χ2v) is 7.86. The average molecular weight is 348 g/mol. The summed E-state index contributed by atoms with van der Waals surface area (Å²) in [5.74, 6) is 1.50. The number of piperidine rings is 2. The molecule has 0 aromatic carbocycles. The van der Waals surface area contributed by atoms with Crippen molar-refractivity contribution >= 4 is 6.03 Å². The van der Waals surface area contributed by atoms with Crippen molar-refractivity contribution in [2.75, 3.05) is 26.2 Å². The molecule has 0 spiro atoms. The Balaban J connectivity index is 1.43. The molecule has 0 unspecified atom stereocenters. The largest absolute Gasteiger partial charge is 0.333 e. The monoisotopic (exact) mass is 347 g/mol. The summed E-state index contributed by atoms with van der Waals surface area (Å²) >= 11 is 0. The molecule has 6 nitrogen and oxygen atoms in total. The Kier molecular flexibility index (Phi) is 6.34. The van der Waals surface area contributed by atoms with Gasteiger partial charge in [-0.3, -0.25) is 0 Å². The van der Waals surface area contributed by atoms with Crippen LogP contribution in [0.4, 0.5) is 4.79 Å². The van der Waals surface area contributed by atoms with Crippen LogP contribution in [0.3, 0.4) is 0 Å². The van der Waals surface area contributed by atoms with Gasteiger partial charge in [-0.1, -0.05) is 20.3 Å². The average Bonchev–Trinajstić information content (AvgIpc) is 3.07. The molecule has 140 valence electrons. The van der Waals surface area contributed by atoms with Crippen LogP contribution < -0.4 is 5.32 Å². The summed E-state index contributed by atoms with van der Waals surface area (Å²) in [5.41, 5.74) is 0. The lowest BCUT2D eigenvalue weighted by molar-refractivity contribution is 0.101. The molecule has 2 amide bonds. The molecule has 3 heterocycles. The number of carbonyl (C=O) groups excluding carboxylic acids is 1. The molecule has 0 bridgehead atoms. The van der Waals surface area contributed by atoms with Crippen LogP contribution in [-0.4, -0.2) is 57.6 Å². The van der Waals surface area contributed by atoms with Gasteiger partial charge in [0.1, 0.15) is 5.82 Å². The predicted molar refractivity (Wildman–Crippen MR) is 99.3 cm³/mol. The molecule has 2 aliphatic rings. The zero-order valence-electron chi connectivity index (χ0n) is 15.8. The number of hydrogen-bond donors (Lipinski definition) is 1. The molecule has 1 aromatic rings. The number of imidazole rings is 1. The first-order valence-corrected chi connectivity index (χ1v) is 9.90. The maximum absolute atomic E-state index is 12.5. The molecule has 1 N–H and O–H groups in total. The van der Waals surface area contributed by atoms with Crippen LogP contribution in [-0.2, 0) is 13.1 Å². The number of carbonyl (C=O) groups is 1. The van der Waals surface area contributed by atoms with Gasteiger partial charge in [0.25, 0.3) is 0 Å². The second-order valence-electron chi connectivity index (χ2n) is 7.86. The third kappa shape index (κ3) is 4.97. The fraction of sp³-hybridized carbons (Fsp3) is 0.789. The third-order valence-electron chi connectivity index (χ3n) is 5.42. The summed E-state index contributed by atoms with van der Waals surface area (Å²) < 4.78 is 2.13. The molecular weight excluding hydrogens is 314 g/mol. The van der Waals surface area contributed by atoms with Gasteiger partial charge < -0.3 is 19.7 Å². The topological polar surface area (TPSA) is 53.4 Å². The van der Waals surface area contributed by atoms with Crippen LogP contribution in [0.25, 0.3) is 0 Å². The maximum atomic E-state index is 12.5. The van der Waals surface area contributed by atoms with Gasteiger partial charge in [0, 0.05) is 38.1 Å². The summed E-state index contributed by atoms with van der Waals surface area (Å²) in [6.45, 7) is 10.0. The zero-order chi connectivity index (χ0) is 17.6. The second kappa shape index (κ2) is 8.70. The van der Waals surface area contributed by atoms with E-state index in [-0.39, 0.29) is 6.03 Å². The van der Waals surface area contributed by atoms with Crippen molar-refractivity contribution < 1.29 is 4.79 Å². The summed E-state index contributed by atoms with van der Waals surface area (Å²) in [5, 5.41) is 3.05. The molecule has 2 saturated heterocycles. The standard InChI is InChI=1S/C19H33N5O/c1-16(2)15-24-13-8-20-18(24)14-21-19(25)23-11-6-17(7-12-23)22-9-4-3-5-10-22/h8,13,16-17H,3-7,9-12,14-15H2,1-2H3,(H,21,25). The highest BCUT2D eigenvalue weighted by molar-refractivity contribution is 5.74. The summed E-state index contributed by atoms with van der Waals surface area (Å²) in [7, 11) is 0. The van der Waals surface area contributed by atoms with Gasteiger partial charge in [0.05, 0.1) is 6.54 Å². The number of nitrogens with zero attached hydrogens (tertiary/aromatic N) is 4. The van der Waals surface area contributed by atoms with Crippen LogP contribution in [0.1, 0.15) is 51.8 Å². The number of hydrogen-bond acceptors (Lipinski definition) is 3. The van der Waals surface area contributed by atoms with Crippen LogP contribution >= 0.6 is 0 Å². The lowest BCUT2D eigenvalue weighted by atomic mass is 10.0. The highest BCUT2D eigenvalue weighted by atomic mass is 16.2. The van der Waals surface area contributed by atoms with Crippen molar-refractivity contribution in [3.63, 3.8) is 0 Å². The van der Waals surface area contributed by atoms with E-state index in [0.717, 1.165) is 38.3 Å². The molecule has 6 heteroatoms. The van der Waals surface area contributed by atoms with Crippen LogP contribution in [0.15, 0.2) is 12.4 Å². The number of aromatic nitrogens is 2. The molecule has 0 aliphatic carbocycles. The summed E-state index contributed by atoms with van der Waals surface area (Å²) in [6.07, 6.45) is 10.1. The molecule has 3 rings (SSSR count). The van der Waals surface area contributed by atoms with Gasteiger partial charge in [-0.2, -0.15) is 0 Å². The minimum absolute atomic E-state index is 0.0520. The van der Waals surface area contributed by atoms with E-state index in [4.69, 9.17) is 0 Å². The van der Waals surface area contributed by atoms with Crippen molar-refractivity contribution in [3.8, 4) is 0 Å². The first-order valence-electron chi connectivity index (χ1n) is 9.90. The molecule has 1 aromatic heterocycles. The smallest absolute Gasteiger partial charge is 0.317 e. The Morgan fingerprint density at radius 2 is 1.92 bits per heavy atom. The summed E-state index contributed by atoms with van der Waals surface area (Å²) in [4.78, 5) is 21.5. The quantitative estimate of drug-likeness (QED) is 0.891. The van der Waals surface area contributed by atoms with E-state index >= 15 is 0 Å². The van der Waals surface area contributed by atoms with E-state index in [1.165, 1.54) is 32.4 Å². The molecular formula is C19H33N5O. The number of nitrogens with one attached hydrogen (secondary N) is 1. The van der Waals surface area contributed by atoms with Gasteiger partial charge in [0.2, 0.25) is 0 Å². The minimum Gasteiger partial charge on any atom is -0.333 e. The zero-order valence-corrected chi connectivity index (χ0v) is 15.8. The molecule has 2 fully saturated rings. The number of rotatable bonds is 5. The highest BCUT2D eigenvalue weighted by Gasteiger charge is 2.27. The molecule has 0 radical (unpaired) electrons. The minimum atomic E-state index is 0.0520. The predicted octanol–water partition coefficient (Wildman–Crippen LogP) is 2.70. The van der Waals surface area contributed by atoms with Crippen molar-refractivity contribution in [1.29, 1.82) is 0 Å².